The number of nitro groups is 1. The molecule has 104 valence electrons. The Labute approximate surface area is 115 Å². The number of aliphatic hydroxyl groups is 1. The maximum absolute atomic E-state index is 12.2. The van der Waals surface area contributed by atoms with Gasteiger partial charge in [0.05, 0.1) is 10.5 Å². The van der Waals surface area contributed by atoms with Gasteiger partial charge in [0, 0.05) is 25.8 Å². The lowest BCUT2D eigenvalue weighted by Gasteiger charge is -2.20. The van der Waals surface area contributed by atoms with Crippen molar-refractivity contribution >= 4 is 23.2 Å². The third-order valence-electron chi connectivity index (χ3n) is 2.66. The highest BCUT2D eigenvalue weighted by atomic mass is 35.5. The lowest BCUT2D eigenvalue weighted by atomic mass is 10.1. The van der Waals surface area contributed by atoms with E-state index in [-0.39, 0.29) is 28.8 Å². The van der Waals surface area contributed by atoms with E-state index in [1.807, 2.05) is 0 Å². The van der Waals surface area contributed by atoms with Crippen LogP contribution in [0.4, 0.5) is 5.69 Å². The summed E-state index contributed by atoms with van der Waals surface area (Å²) in [6.45, 7) is 2.59. The van der Waals surface area contributed by atoms with Gasteiger partial charge in [-0.25, -0.2) is 0 Å². The molecule has 0 heterocycles. The number of amides is 1. The second kappa shape index (κ2) is 7.06. The summed E-state index contributed by atoms with van der Waals surface area (Å²) in [7, 11) is 0. The Balaban J connectivity index is 3.04. The van der Waals surface area contributed by atoms with Gasteiger partial charge in [-0.05, 0) is 19.4 Å². The Morgan fingerprint density at radius 3 is 2.74 bits per heavy atom. The van der Waals surface area contributed by atoms with E-state index in [1.54, 1.807) is 6.92 Å². The first-order chi connectivity index (χ1) is 9.02. The van der Waals surface area contributed by atoms with Crippen LogP contribution in [0.3, 0.4) is 0 Å². The number of carbonyl (C=O) groups excluding carboxylic acids is 1. The first-order valence-electron chi connectivity index (χ1n) is 5.86. The minimum Gasteiger partial charge on any atom is -0.396 e. The van der Waals surface area contributed by atoms with Crippen LogP contribution in [0, 0.1) is 10.1 Å². The van der Waals surface area contributed by atoms with Crippen LogP contribution in [0.5, 0.6) is 0 Å². The molecular weight excluding hydrogens is 272 g/mol. The van der Waals surface area contributed by atoms with Crippen molar-refractivity contribution in [2.24, 2.45) is 0 Å². The summed E-state index contributed by atoms with van der Waals surface area (Å²) in [5.41, 5.74) is -0.179. The summed E-state index contributed by atoms with van der Waals surface area (Å²) >= 11 is 5.90. The first-order valence-corrected chi connectivity index (χ1v) is 6.23. The molecule has 0 spiro atoms. The second-order valence-electron chi connectivity index (χ2n) is 3.86. The molecule has 0 aliphatic carbocycles. The molecule has 7 heteroatoms. The Hall–Kier alpha value is -1.66. The molecule has 0 fully saturated rings. The van der Waals surface area contributed by atoms with Crippen LogP contribution >= 0.6 is 11.6 Å². The minimum atomic E-state index is -0.622. The molecule has 0 aliphatic rings. The van der Waals surface area contributed by atoms with Gasteiger partial charge in [-0.2, -0.15) is 0 Å². The van der Waals surface area contributed by atoms with Gasteiger partial charge in [0.2, 0.25) is 0 Å². The van der Waals surface area contributed by atoms with E-state index < -0.39 is 4.92 Å². The number of halogens is 1. The van der Waals surface area contributed by atoms with Crippen molar-refractivity contribution in [2.75, 3.05) is 19.7 Å². The lowest BCUT2D eigenvalue weighted by molar-refractivity contribution is -0.384. The van der Waals surface area contributed by atoms with Crippen molar-refractivity contribution in [2.45, 2.75) is 13.3 Å². The largest absolute Gasteiger partial charge is 0.396 e. The van der Waals surface area contributed by atoms with Crippen LogP contribution in [0.25, 0.3) is 0 Å². The summed E-state index contributed by atoms with van der Waals surface area (Å²) in [5.74, 6) is -0.371. The summed E-state index contributed by atoms with van der Waals surface area (Å²) in [6.07, 6.45) is 0.451. The van der Waals surface area contributed by atoms with Gasteiger partial charge < -0.3 is 10.0 Å². The number of aliphatic hydroxyl groups excluding tert-OH is 1. The predicted molar refractivity (Wildman–Crippen MR) is 71.4 cm³/mol. The van der Waals surface area contributed by atoms with Crippen molar-refractivity contribution < 1.29 is 14.8 Å². The van der Waals surface area contributed by atoms with Crippen LogP contribution in [0.1, 0.15) is 23.7 Å². The first kappa shape index (κ1) is 15.4. The maximum Gasteiger partial charge on any atom is 0.288 e. The standard InChI is InChI=1S/C12H15ClN2O4/c1-2-14(7-4-8-16)12(17)9-5-3-6-10(11(9)13)15(18)19/h3,5-6,16H,2,4,7-8H2,1H3. The summed E-state index contributed by atoms with van der Waals surface area (Å²) in [6, 6.07) is 4.14. The molecule has 1 amide bonds. The quantitative estimate of drug-likeness (QED) is 0.641. The minimum absolute atomic E-state index is 0.0214. The van der Waals surface area contributed by atoms with Gasteiger partial charge >= 0.3 is 0 Å². The molecule has 0 bridgehead atoms. The number of nitrogens with zero attached hydrogens (tertiary/aromatic N) is 2. The van der Waals surface area contributed by atoms with E-state index in [9.17, 15) is 14.9 Å². The zero-order valence-electron chi connectivity index (χ0n) is 10.5. The Morgan fingerprint density at radius 2 is 2.21 bits per heavy atom. The van der Waals surface area contributed by atoms with E-state index in [2.05, 4.69) is 0 Å². The molecule has 1 aromatic carbocycles. The molecule has 0 atom stereocenters. The maximum atomic E-state index is 12.2. The van der Waals surface area contributed by atoms with Crippen molar-refractivity contribution in [3.05, 3.63) is 38.9 Å². The van der Waals surface area contributed by atoms with Crippen molar-refractivity contribution in [3.63, 3.8) is 0 Å². The lowest BCUT2D eigenvalue weighted by Crippen LogP contribution is -2.32. The fourth-order valence-corrected chi connectivity index (χ4v) is 1.94. The predicted octanol–water partition coefficient (Wildman–Crippen LogP) is 2.09. The van der Waals surface area contributed by atoms with Gasteiger partial charge in [0.1, 0.15) is 5.02 Å². The Bertz CT molecular complexity index is 479. The molecule has 1 rings (SSSR count). The highest BCUT2D eigenvalue weighted by Gasteiger charge is 2.22. The van der Waals surface area contributed by atoms with Crippen molar-refractivity contribution in [1.82, 2.24) is 4.90 Å². The SMILES string of the molecule is CCN(CCCO)C(=O)c1cccc([N+](=O)[O-])c1Cl. The number of benzene rings is 1. The smallest absolute Gasteiger partial charge is 0.288 e. The molecular formula is C12H15ClN2O4. The number of hydrogen-bond acceptors (Lipinski definition) is 4. The monoisotopic (exact) mass is 286 g/mol. The van der Waals surface area contributed by atoms with Gasteiger partial charge in [0.15, 0.2) is 0 Å². The van der Waals surface area contributed by atoms with E-state index >= 15 is 0 Å². The molecule has 0 aliphatic heterocycles. The number of rotatable bonds is 6. The third kappa shape index (κ3) is 3.65. The molecule has 6 nitrogen and oxygen atoms in total. The molecule has 0 unspecified atom stereocenters. The highest BCUT2D eigenvalue weighted by molar-refractivity contribution is 6.35. The molecule has 1 N–H and O–H groups in total. The van der Waals surface area contributed by atoms with Crippen LogP contribution in [0.15, 0.2) is 18.2 Å². The average molecular weight is 287 g/mol. The molecule has 0 aromatic heterocycles. The van der Waals surface area contributed by atoms with E-state index in [1.165, 1.54) is 23.1 Å². The normalized spacial score (nSPS) is 10.3. The van der Waals surface area contributed by atoms with Crippen molar-refractivity contribution in [3.8, 4) is 0 Å². The molecule has 1 aromatic rings. The van der Waals surface area contributed by atoms with Gasteiger partial charge in [-0.3, -0.25) is 14.9 Å². The zero-order chi connectivity index (χ0) is 14.4. The van der Waals surface area contributed by atoms with E-state index in [0.29, 0.717) is 19.5 Å². The van der Waals surface area contributed by atoms with Gasteiger partial charge in [0.25, 0.3) is 11.6 Å². The summed E-state index contributed by atoms with van der Waals surface area (Å²) in [4.78, 5) is 23.9. The number of nitro benzene ring substituents is 1. The highest BCUT2D eigenvalue weighted by Crippen LogP contribution is 2.28. The third-order valence-corrected chi connectivity index (χ3v) is 3.06. The number of hydrogen-bond donors (Lipinski definition) is 1. The Kier molecular flexibility index (Phi) is 5.72. The molecule has 19 heavy (non-hydrogen) atoms. The molecule has 0 saturated carbocycles. The summed E-state index contributed by atoms with van der Waals surface area (Å²) in [5, 5.41) is 19.4. The van der Waals surface area contributed by atoms with Crippen LogP contribution < -0.4 is 0 Å². The number of carbonyl (C=O) groups is 1. The van der Waals surface area contributed by atoms with Gasteiger partial charge in [-0.1, -0.05) is 17.7 Å². The average Bonchev–Trinajstić information content (AvgIpc) is 2.39. The zero-order valence-corrected chi connectivity index (χ0v) is 11.3. The second-order valence-corrected chi connectivity index (χ2v) is 4.24. The topological polar surface area (TPSA) is 83.7 Å². The fraction of sp³-hybridized carbons (Fsp3) is 0.417. The van der Waals surface area contributed by atoms with E-state index in [4.69, 9.17) is 16.7 Å². The summed E-state index contributed by atoms with van der Waals surface area (Å²) < 4.78 is 0. The molecule has 0 saturated heterocycles. The van der Waals surface area contributed by atoms with Crippen LogP contribution in [0.2, 0.25) is 5.02 Å². The van der Waals surface area contributed by atoms with Crippen LogP contribution in [-0.2, 0) is 0 Å². The Morgan fingerprint density at radius 1 is 1.53 bits per heavy atom. The van der Waals surface area contributed by atoms with Crippen molar-refractivity contribution in [1.29, 1.82) is 0 Å². The van der Waals surface area contributed by atoms with E-state index in [0.717, 1.165) is 0 Å². The van der Waals surface area contributed by atoms with Crippen LogP contribution in [-0.4, -0.2) is 40.5 Å². The molecule has 0 radical (unpaired) electrons. The fourth-order valence-electron chi connectivity index (χ4n) is 1.66. The van der Waals surface area contributed by atoms with Gasteiger partial charge in [-0.15, -0.1) is 0 Å².